The third-order valence-electron chi connectivity index (χ3n) is 10.3. The van der Waals surface area contributed by atoms with Crippen LogP contribution in [-0.2, 0) is 41.5 Å². The van der Waals surface area contributed by atoms with Crippen LogP contribution < -0.4 is 10.7 Å². The van der Waals surface area contributed by atoms with Crippen molar-refractivity contribution in [3.63, 3.8) is 0 Å². The number of nitrogens with zero attached hydrogens (tertiary/aromatic N) is 4. The first-order valence-electron chi connectivity index (χ1n) is 18.5. The second-order valence-electron chi connectivity index (χ2n) is 14.8. The lowest BCUT2D eigenvalue weighted by atomic mass is 9.84. The van der Waals surface area contributed by atoms with Crippen LogP contribution in [0.3, 0.4) is 0 Å². The molecule has 5 atom stereocenters. The summed E-state index contributed by atoms with van der Waals surface area (Å²) in [5.74, 6) is -0.0938. The van der Waals surface area contributed by atoms with Gasteiger partial charge in [-0.15, -0.1) is 11.8 Å². The molecule has 14 heteroatoms. The Kier molecular flexibility index (Phi) is 12.1. The molecule has 3 aromatic rings. The molecule has 2 aromatic heterocycles. The van der Waals surface area contributed by atoms with Crippen LogP contribution in [0.1, 0.15) is 82.8 Å². The van der Waals surface area contributed by atoms with Crippen LogP contribution in [0.2, 0.25) is 0 Å². The molecule has 1 aromatic carbocycles. The highest BCUT2D eigenvalue weighted by Crippen LogP contribution is 2.42. The number of cyclic esters (lactones) is 1. The van der Waals surface area contributed by atoms with Gasteiger partial charge in [0.25, 0.3) is 5.91 Å². The summed E-state index contributed by atoms with van der Waals surface area (Å²) in [5, 5.41) is 6.07. The lowest BCUT2D eigenvalue weighted by molar-refractivity contribution is -0.155. The van der Waals surface area contributed by atoms with Crippen LogP contribution in [0.15, 0.2) is 41.5 Å². The molecule has 0 aliphatic carbocycles. The number of esters is 1. The van der Waals surface area contributed by atoms with Gasteiger partial charge in [-0.25, -0.2) is 10.2 Å². The molecule has 6 bridgehead atoms. The zero-order valence-corrected chi connectivity index (χ0v) is 32.6. The maximum absolute atomic E-state index is 14.0. The van der Waals surface area contributed by atoms with Gasteiger partial charge in [-0.3, -0.25) is 24.6 Å². The summed E-state index contributed by atoms with van der Waals surface area (Å²) in [6.45, 7) is 11.5. The van der Waals surface area contributed by atoms with Crippen LogP contribution >= 0.6 is 11.8 Å². The Morgan fingerprint density at radius 1 is 1.19 bits per heavy atom. The van der Waals surface area contributed by atoms with E-state index in [1.807, 2.05) is 13.0 Å². The van der Waals surface area contributed by atoms with Crippen molar-refractivity contribution in [2.45, 2.75) is 97.2 Å². The molecular formula is C39H52N6O7S. The molecule has 5 heterocycles. The Bertz CT molecular complexity index is 1860. The van der Waals surface area contributed by atoms with Crippen molar-refractivity contribution in [1.29, 1.82) is 0 Å². The quantitative estimate of drug-likeness (QED) is 0.273. The van der Waals surface area contributed by atoms with E-state index in [2.05, 4.69) is 60.3 Å². The number of hydrogen-bond donors (Lipinski definition) is 2. The van der Waals surface area contributed by atoms with Gasteiger partial charge in [-0.1, -0.05) is 19.9 Å². The normalized spacial score (nSPS) is 23.2. The van der Waals surface area contributed by atoms with E-state index >= 15 is 0 Å². The smallest absolute Gasteiger partial charge is 0.407 e. The van der Waals surface area contributed by atoms with E-state index in [4.69, 9.17) is 28.9 Å². The highest BCUT2D eigenvalue weighted by atomic mass is 32.2. The Labute approximate surface area is 315 Å². The molecule has 53 heavy (non-hydrogen) atoms. The molecular weight excluding hydrogens is 697 g/mol. The van der Waals surface area contributed by atoms with Gasteiger partial charge in [0.15, 0.2) is 0 Å². The molecule has 1 fully saturated rings. The largest absolute Gasteiger partial charge is 0.464 e. The average Bonchev–Trinajstić information content (AvgIpc) is 3.76. The van der Waals surface area contributed by atoms with Gasteiger partial charge >= 0.3 is 12.1 Å². The van der Waals surface area contributed by atoms with E-state index in [0.717, 1.165) is 50.6 Å². The first-order chi connectivity index (χ1) is 25.4. The molecule has 2 N–H and O–H groups in total. The van der Waals surface area contributed by atoms with E-state index in [9.17, 15) is 14.4 Å². The van der Waals surface area contributed by atoms with Gasteiger partial charge < -0.3 is 28.8 Å². The Hall–Kier alpha value is -3.98. The van der Waals surface area contributed by atoms with Crippen molar-refractivity contribution in [3.8, 4) is 11.3 Å². The SMILES string of the molecule is CCn1c(-c2cccnc2[C@H](C)OC)c2c3cc(ccc31)C1CSC(=N1)C[C@H](NC(=O)OC[C@@H](C)OC)C(=O)N1CCC[C@H](N1)C(=O)OCC(C)(C)C2. The maximum atomic E-state index is 14.0. The maximum Gasteiger partial charge on any atom is 0.407 e. The van der Waals surface area contributed by atoms with Gasteiger partial charge in [-0.2, -0.15) is 0 Å². The molecule has 13 nitrogen and oxygen atoms in total. The van der Waals surface area contributed by atoms with Crippen molar-refractivity contribution >= 4 is 45.7 Å². The number of methoxy groups -OCH3 is 2. The monoisotopic (exact) mass is 748 g/mol. The predicted molar refractivity (Wildman–Crippen MR) is 205 cm³/mol. The summed E-state index contributed by atoms with van der Waals surface area (Å²) in [6.07, 6.45) is 2.46. The van der Waals surface area contributed by atoms with Crippen LogP contribution in [0, 0.1) is 5.41 Å². The van der Waals surface area contributed by atoms with Gasteiger partial charge in [0.05, 0.1) is 41.3 Å². The summed E-state index contributed by atoms with van der Waals surface area (Å²) in [5.41, 5.74) is 8.90. The molecule has 0 radical (unpaired) electrons. The number of hydrazine groups is 1. The highest BCUT2D eigenvalue weighted by Gasteiger charge is 2.37. The minimum absolute atomic E-state index is 0.0344. The number of fused-ring (bicyclic) bond motifs is 5. The van der Waals surface area contributed by atoms with Crippen LogP contribution in [0.25, 0.3) is 22.2 Å². The fraction of sp³-hybridized carbons (Fsp3) is 0.564. The van der Waals surface area contributed by atoms with E-state index in [1.165, 1.54) is 12.1 Å². The predicted octanol–water partition coefficient (Wildman–Crippen LogP) is 5.76. The van der Waals surface area contributed by atoms with Crippen molar-refractivity contribution in [3.05, 3.63) is 53.3 Å². The van der Waals surface area contributed by atoms with Gasteiger partial charge in [0, 0.05) is 67.6 Å². The van der Waals surface area contributed by atoms with Crippen LogP contribution in [0.5, 0.6) is 0 Å². The number of aromatic nitrogens is 2. The summed E-state index contributed by atoms with van der Waals surface area (Å²) >= 11 is 1.58. The Morgan fingerprint density at radius 3 is 2.75 bits per heavy atom. The Morgan fingerprint density at radius 2 is 2.00 bits per heavy atom. The Balaban J connectivity index is 1.44. The fourth-order valence-electron chi connectivity index (χ4n) is 7.24. The number of aliphatic imine (C=N–C) groups is 1. The van der Waals surface area contributed by atoms with Crippen molar-refractivity contribution in [1.82, 2.24) is 25.3 Å². The molecule has 1 unspecified atom stereocenters. The average molecular weight is 749 g/mol. The topological polar surface area (TPSA) is 146 Å². The molecule has 1 saturated heterocycles. The van der Waals surface area contributed by atoms with E-state index < -0.39 is 29.6 Å². The summed E-state index contributed by atoms with van der Waals surface area (Å²) in [4.78, 5) is 50.4. The third kappa shape index (κ3) is 8.56. The number of pyridine rings is 1. The van der Waals surface area contributed by atoms with Gasteiger partial charge in [0.1, 0.15) is 18.7 Å². The standard InChI is InChI=1S/C39H52N6O7S/c1-8-44-32-14-13-25-17-27(32)28(35(44)26-11-9-15-40-34(26)24(3)50-7)19-39(4,5)22-52-37(47)29-12-10-16-45(43-29)36(46)30(18-33-41-31(25)21-53-33)42-38(48)51-20-23(2)49-6/h9,11,13-15,17,23-24,29-31,43H,8,10,12,16,18-22H2,1-7H3,(H,42,48)/t23-,24+,29+,30+,31?/m1/s1. The number of hydrogen-bond acceptors (Lipinski definition) is 11. The number of amides is 2. The third-order valence-corrected chi connectivity index (χ3v) is 11.3. The second-order valence-corrected chi connectivity index (χ2v) is 15.9. The zero-order valence-electron chi connectivity index (χ0n) is 31.8. The van der Waals surface area contributed by atoms with Gasteiger partial charge in [0.2, 0.25) is 0 Å². The number of thioether (sulfide) groups is 1. The minimum Gasteiger partial charge on any atom is -0.464 e. The number of nitrogens with one attached hydrogen (secondary N) is 2. The first kappa shape index (κ1) is 38.7. The minimum atomic E-state index is -0.969. The number of aryl methyl sites for hydroxylation is 1. The first-order valence-corrected chi connectivity index (χ1v) is 19.4. The summed E-state index contributed by atoms with van der Waals surface area (Å²) < 4.78 is 24.7. The summed E-state index contributed by atoms with van der Waals surface area (Å²) in [7, 11) is 3.23. The van der Waals surface area contributed by atoms with E-state index in [-0.39, 0.29) is 43.8 Å². The van der Waals surface area contributed by atoms with E-state index in [1.54, 1.807) is 32.0 Å². The summed E-state index contributed by atoms with van der Waals surface area (Å²) in [6, 6.07) is 8.80. The number of alkyl carbamates (subject to hydrolysis) is 1. The number of carbonyl (C=O) groups is 3. The zero-order chi connectivity index (χ0) is 37.9. The van der Waals surface area contributed by atoms with Crippen LogP contribution in [-0.4, -0.2) is 95.5 Å². The second kappa shape index (κ2) is 16.6. The number of rotatable bonds is 8. The van der Waals surface area contributed by atoms with Crippen molar-refractivity contribution in [2.24, 2.45) is 10.4 Å². The molecule has 3 aliphatic rings. The van der Waals surface area contributed by atoms with Crippen molar-refractivity contribution in [2.75, 3.05) is 39.7 Å². The van der Waals surface area contributed by atoms with Gasteiger partial charge in [-0.05, 0) is 75.4 Å². The molecule has 286 valence electrons. The van der Waals surface area contributed by atoms with E-state index in [0.29, 0.717) is 31.6 Å². The molecule has 0 spiro atoms. The molecule has 2 amide bonds. The molecule has 6 rings (SSSR count). The van der Waals surface area contributed by atoms with Crippen molar-refractivity contribution < 1.29 is 33.3 Å². The highest BCUT2D eigenvalue weighted by molar-refractivity contribution is 8.14. The molecule has 3 aliphatic heterocycles. The molecule has 0 saturated carbocycles. The lowest BCUT2D eigenvalue weighted by Gasteiger charge is -2.35. The van der Waals surface area contributed by atoms with Crippen LogP contribution in [0.4, 0.5) is 4.79 Å². The number of carbonyl (C=O) groups excluding carboxylic acids is 3. The number of benzene rings is 1. The number of ether oxygens (including phenoxy) is 4. The lowest BCUT2D eigenvalue weighted by Crippen LogP contribution is -2.60. The fourth-order valence-corrected chi connectivity index (χ4v) is 8.35.